The Hall–Kier alpha value is -4.65. The van der Waals surface area contributed by atoms with Crippen molar-refractivity contribution >= 4 is 11.8 Å². The molecule has 0 saturated carbocycles. The molecule has 13 heteroatoms. The second-order valence-corrected chi connectivity index (χ2v) is 12.2. The Morgan fingerprint density at radius 2 is 1.79 bits per heavy atom. The fraction of sp³-hybridized carbons (Fsp3) is 0.412. The van der Waals surface area contributed by atoms with Gasteiger partial charge in [-0.15, -0.1) is 0 Å². The van der Waals surface area contributed by atoms with Crippen molar-refractivity contribution < 1.29 is 32.5 Å². The van der Waals surface area contributed by atoms with Gasteiger partial charge in [-0.05, 0) is 80.8 Å². The van der Waals surface area contributed by atoms with Crippen molar-refractivity contribution in [1.82, 2.24) is 25.1 Å². The van der Waals surface area contributed by atoms with Gasteiger partial charge in [-0.3, -0.25) is 4.79 Å². The summed E-state index contributed by atoms with van der Waals surface area (Å²) < 4.78 is 57.3. The molecule has 2 N–H and O–H groups in total. The van der Waals surface area contributed by atoms with E-state index in [1.165, 1.54) is 16.8 Å². The number of anilines is 1. The number of aryl methyl sites for hydroxylation is 2. The molecular formula is C34H37F3N6O4. The van der Waals surface area contributed by atoms with Crippen LogP contribution in [0, 0.1) is 19.3 Å². The number of alkyl halides is 3. The third-order valence-electron chi connectivity index (χ3n) is 8.92. The minimum Gasteiger partial charge on any atom is -0.494 e. The van der Waals surface area contributed by atoms with Crippen LogP contribution in [0.15, 0.2) is 60.8 Å². The summed E-state index contributed by atoms with van der Waals surface area (Å²) in [4.78, 5) is 22.2. The van der Waals surface area contributed by atoms with Crippen molar-refractivity contribution in [1.29, 1.82) is 0 Å². The molecule has 2 atom stereocenters. The third-order valence-corrected chi connectivity index (χ3v) is 8.92. The molecule has 6 rings (SSSR count). The molecule has 10 nitrogen and oxygen atoms in total. The van der Waals surface area contributed by atoms with Crippen LogP contribution in [0.25, 0.3) is 16.8 Å². The zero-order valence-electron chi connectivity index (χ0n) is 26.4. The summed E-state index contributed by atoms with van der Waals surface area (Å²) in [5.41, 5.74) is 2.15. The number of carbonyl (C=O) groups is 1. The molecule has 0 bridgehead atoms. The maximum absolute atomic E-state index is 14.9. The van der Waals surface area contributed by atoms with Crippen molar-refractivity contribution in [3.63, 3.8) is 0 Å². The number of hydrogen-bond donors (Lipinski definition) is 2. The van der Waals surface area contributed by atoms with E-state index >= 15 is 0 Å². The Morgan fingerprint density at radius 1 is 1.06 bits per heavy atom. The van der Waals surface area contributed by atoms with Gasteiger partial charge in [-0.25, -0.2) is 9.67 Å². The Bertz CT molecular complexity index is 1730. The molecule has 2 aromatic heterocycles. The van der Waals surface area contributed by atoms with E-state index in [-0.39, 0.29) is 28.4 Å². The number of ether oxygens (including phenoxy) is 2. The molecular weight excluding hydrogens is 613 g/mol. The van der Waals surface area contributed by atoms with Crippen LogP contribution in [0.1, 0.15) is 49.4 Å². The number of carboxylic acids is 1. The number of nitrogens with one attached hydrogen (secondary N) is 1. The van der Waals surface area contributed by atoms with E-state index in [9.17, 15) is 23.1 Å². The number of rotatable bonds is 9. The average Bonchev–Trinajstić information content (AvgIpc) is 3.66. The zero-order chi connectivity index (χ0) is 33.3. The molecule has 47 heavy (non-hydrogen) atoms. The molecule has 1 spiro atoms. The average molecular weight is 651 g/mol. The van der Waals surface area contributed by atoms with Crippen LogP contribution in [0.3, 0.4) is 0 Å². The van der Waals surface area contributed by atoms with Gasteiger partial charge in [0.25, 0.3) is 0 Å². The highest BCUT2D eigenvalue weighted by atomic mass is 19.4. The van der Waals surface area contributed by atoms with Crippen LogP contribution in [0.5, 0.6) is 11.6 Å². The first-order valence-electron chi connectivity index (χ1n) is 15.6. The molecule has 248 valence electrons. The molecule has 2 aliphatic heterocycles. The maximum Gasteiger partial charge on any atom is 0.429 e. The van der Waals surface area contributed by atoms with Gasteiger partial charge in [0.15, 0.2) is 0 Å². The van der Waals surface area contributed by atoms with Gasteiger partial charge in [-0.1, -0.05) is 24.3 Å². The van der Waals surface area contributed by atoms with E-state index in [2.05, 4.69) is 20.4 Å². The molecule has 0 aliphatic carbocycles. The van der Waals surface area contributed by atoms with Crippen LogP contribution in [-0.2, 0) is 4.79 Å². The number of piperidine rings is 1. The fourth-order valence-corrected chi connectivity index (χ4v) is 6.46. The molecule has 0 amide bonds. The lowest BCUT2D eigenvalue weighted by Gasteiger charge is -2.39. The maximum atomic E-state index is 14.9. The van der Waals surface area contributed by atoms with Crippen molar-refractivity contribution in [3.8, 4) is 28.4 Å². The second-order valence-electron chi connectivity index (χ2n) is 12.2. The second kappa shape index (κ2) is 12.9. The van der Waals surface area contributed by atoms with Gasteiger partial charge in [-0.2, -0.15) is 23.3 Å². The van der Waals surface area contributed by atoms with Crippen LogP contribution < -0.4 is 19.7 Å². The molecule has 2 saturated heterocycles. The van der Waals surface area contributed by atoms with Crippen LogP contribution >= 0.6 is 0 Å². The summed E-state index contributed by atoms with van der Waals surface area (Å²) in [6.45, 7) is 7.60. The van der Waals surface area contributed by atoms with Crippen LogP contribution in [0.4, 0.5) is 19.0 Å². The van der Waals surface area contributed by atoms with Gasteiger partial charge in [0, 0.05) is 37.5 Å². The van der Waals surface area contributed by atoms with E-state index in [1.54, 1.807) is 38.2 Å². The van der Waals surface area contributed by atoms with Gasteiger partial charge in [0.05, 0.1) is 18.0 Å². The summed E-state index contributed by atoms with van der Waals surface area (Å²) in [7, 11) is 0. The van der Waals surface area contributed by atoms with Gasteiger partial charge in [0.1, 0.15) is 23.4 Å². The summed E-state index contributed by atoms with van der Waals surface area (Å²) in [5, 5.41) is 16.9. The van der Waals surface area contributed by atoms with Crippen molar-refractivity contribution in [3.05, 3.63) is 77.9 Å². The summed E-state index contributed by atoms with van der Waals surface area (Å²) in [5.74, 6) is 0.404. The molecule has 4 heterocycles. The first-order chi connectivity index (χ1) is 22.4. The minimum absolute atomic E-state index is 0.116. The van der Waals surface area contributed by atoms with Gasteiger partial charge >= 0.3 is 12.1 Å². The smallest absolute Gasteiger partial charge is 0.429 e. The number of hydrogen-bond acceptors (Lipinski definition) is 8. The zero-order valence-corrected chi connectivity index (χ0v) is 26.4. The van der Waals surface area contributed by atoms with Crippen molar-refractivity contribution in [2.75, 3.05) is 31.1 Å². The number of aliphatic carboxylic acids is 1. The van der Waals surface area contributed by atoms with Crippen LogP contribution in [-0.4, -0.2) is 69.3 Å². The Balaban J connectivity index is 1.29. The highest BCUT2D eigenvalue weighted by Crippen LogP contribution is 2.42. The normalized spacial score (nSPS) is 18.3. The Morgan fingerprint density at radius 3 is 2.40 bits per heavy atom. The number of aromatic nitrogens is 4. The lowest BCUT2D eigenvalue weighted by atomic mass is 9.76. The Labute approximate surface area is 270 Å². The van der Waals surface area contributed by atoms with E-state index < -0.39 is 24.3 Å². The third kappa shape index (κ3) is 7.04. The van der Waals surface area contributed by atoms with Crippen molar-refractivity contribution in [2.45, 2.75) is 58.4 Å². The lowest BCUT2D eigenvalue weighted by molar-refractivity contribution is -0.198. The minimum atomic E-state index is -4.79. The number of carboxylic acid groups (broad SMARTS) is 1. The fourth-order valence-electron chi connectivity index (χ4n) is 6.46. The topological polar surface area (TPSA) is 115 Å². The van der Waals surface area contributed by atoms with Gasteiger partial charge < -0.3 is 24.8 Å². The SMILES string of the molecule is CCOc1ccc(-c2ccc([C@@H](Oc3cc(N4CCC5(CC4)CN[C@H](C(=O)O)C5)nc(C)n3)C(F)(F)F)c(-n3ccc(C)n3)c2)cc1. The van der Waals surface area contributed by atoms with E-state index in [4.69, 9.17) is 9.47 Å². The summed E-state index contributed by atoms with van der Waals surface area (Å²) in [6.07, 6.45) is -3.48. The number of halogens is 3. The molecule has 2 aromatic carbocycles. The molecule has 4 aromatic rings. The lowest BCUT2D eigenvalue weighted by Crippen LogP contribution is -2.41. The molecule has 0 unspecified atom stereocenters. The van der Waals surface area contributed by atoms with E-state index in [0.29, 0.717) is 55.5 Å². The summed E-state index contributed by atoms with van der Waals surface area (Å²) in [6, 6.07) is 14.7. The first kappa shape index (κ1) is 32.3. The number of benzene rings is 2. The quantitative estimate of drug-likeness (QED) is 0.223. The predicted octanol–water partition coefficient (Wildman–Crippen LogP) is 6.06. The highest BCUT2D eigenvalue weighted by Gasteiger charge is 2.46. The standard InChI is InChI=1S/C34H37F3N6O4/c1-4-46-25-8-5-23(6-9-25)24-7-10-26(28(17-24)43-14-11-21(2)41-43)31(34(35,36)37)47-30-18-29(39-22(3)40-30)42-15-12-33(13-16-42)19-27(32(44)45)38-20-33/h5-11,14,17-18,27,31,38H,4,12-13,15-16,19-20H2,1-3H3,(H,44,45)/t27-,31+/m0/s1. The molecule has 2 fully saturated rings. The largest absolute Gasteiger partial charge is 0.494 e. The van der Waals surface area contributed by atoms with E-state index in [0.717, 1.165) is 18.4 Å². The predicted molar refractivity (Wildman–Crippen MR) is 169 cm³/mol. The molecule has 2 aliphatic rings. The summed E-state index contributed by atoms with van der Waals surface area (Å²) >= 11 is 0. The Kier molecular flexibility index (Phi) is 8.84. The van der Waals surface area contributed by atoms with E-state index in [1.807, 2.05) is 36.1 Å². The monoisotopic (exact) mass is 650 g/mol. The van der Waals surface area contributed by atoms with Gasteiger partial charge in [0.2, 0.25) is 12.0 Å². The van der Waals surface area contributed by atoms with Crippen molar-refractivity contribution in [2.24, 2.45) is 5.41 Å². The number of nitrogens with zero attached hydrogens (tertiary/aromatic N) is 5. The molecule has 0 radical (unpaired) electrons. The highest BCUT2D eigenvalue weighted by molar-refractivity contribution is 5.74. The van der Waals surface area contributed by atoms with Crippen LogP contribution in [0.2, 0.25) is 0 Å². The first-order valence-corrected chi connectivity index (χ1v) is 15.6.